The Kier molecular flexibility index (Phi) is 8.71. The molecule has 0 spiro atoms. The first-order valence-corrected chi connectivity index (χ1v) is 14.5. The topological polar surface area (TPSA) is 84.9 Å². The molecule has 1 N–H and O–H groups in total. The smallest absolute Gasteiger partial charge is 0.293 e. The van der Waals surface area contributed by atoms with Gasteiger partial charge in [0.1, 0.15) is 0 Å². The zero-order valence-corrected chi connectivity index (χ0v) is 24.5. The van der Waals surface area contributed by atoms with Gasteiger partial charge < -0.3 is 14.8 Å². The van der Waals surface area contributed by atoms with Crippen LogP contribution in [0.25, 0.3) is 16.8 Å². The predicted octanol–water partition coefficient (Wildman–Crippen LogP) is 7.10. The van der Waals surface area contributed by atoms with E-state index in [1.165, 1.54) is 4.90 Å². The molecule has 5 rings (SSSR count). The van der Waals surface area contributed by atoms with Crippen LogP contribution >= 0.6 is 34.4 Å². The van der Waals surface area contributed by atoms with E-state index in [0.717, 1.165) is 28.1 Å². The van der Waals surface area contributed by atoms with Crippen LogP contribution in [0.4, 0.5) is 10.5 Å². The molecule has 7 nitrogen and oxygen atoms in total. The molecule has 1 aliphatic heterocycles. The lowest BCUT2D eigenvalue weighted by molar-refractivity contribution is -0.123. The molecule has 9 heteroatoms. The number of thioether (sulfide) groups is 1. The molecule has 1 heterocycles. The lowest BCUT2D eigenvalue weighted by Gasteiger charge is -2.15. The second-order valence-corrected chi connectivity index (χ2v) is 11.1. The Morgan fingerprint density at radius 3 is 2.48 bits per heavy atom. The van der Waals surface area contributed by atoms with Crippen molar-refractivity contribution in [3.05, 3.63) is 105 Å². The number of ether oxygens (including phenoxy) is 2. The van der Waals surface area contributed by atoms with Gasteiger partial charge in [0.2, 0.25) is 0 Å². The van der Waals surface area contributed by atoms with E-state index in [1.54, 1.807) is 24.3 Å². The van der Waals surface area contributed by atoms with Gasteiger partial charge in [0.15, 0.2) is 18.1 Å². The molecule has 1 aliphatic rings. The van der Waals surface area contributed by atoms with Crippen molar-refractivity contribution < 1.29 is 23.9 Å². The van der Waals surface area contributed by atoms with Gasteiger partial charge >= 0.3 is 0 Å². The summed E-state index contributed by atoms with van der Waals surface area (Å²) in [6.45, 7) is 2.24. The van der Waals surface area contributed by atoms with Crippen molar-refractivity contribution in [3.8, 4) is 11.5 Å². The number of carbonyl (C=O) groups is 3. The van der Waals surface area contributed by atoms with E-state index in [1.807, 2.05) is 73.7 Å². The van der Waals surface area contributed by atoms with Crippen LogP contribution in [0.5, 0.6) is 11.5 Å². The fourth-order valence-electron chi connectivity index (χ4n) is 4.24. The van der Waals surface area contributed by atoms with Crippen LogP contribution < -0.4 is 14.8 Å². The highest BCUT2D eigenvalue weighted by molar-refractivity contribution is 14.1. The highest BCUT2D eigenvalue weighted by Gasteiger charge is 2.35. The molecule has 0 atom stereocenters. The summed E-state index contributed by atoms with van der Waals surface area (Å²) in [6, 6.07) is 26.6. The Morgan fingerprint density at radius 1 is 0.950 bits per heavy atom. The molecule has 4 aromatic rings. The minimum Gasteiger partial charge on any atom is -0.490 e. The Morgan fingerprint density at radius 2 is 1.70 bits per heavy atom. The number of fused-ring (bicyclic) bond motifs is 1. The summed E-state index contributed by atoms with van der Waals surface area (Å²) in [5.41, 5.74) is 2.25. The molecule has 0 bridgehead atoms. The molecule has 4 aromatic carbocycles. The molecule has 0 aromatic heterocycles. The normalized spacial score (nSPS) is 14.2. The van der Waals surface area contributed by atoms with Crippen molar-refractivity contribution in [2.24, 2.45) is 0 Å². The standard InChI is InChI=1S/C31H25IN2O5S/c1-2-38-26-16-21(15-25(32)29(26)39-19-28(35)33-24-10-4-3-5-11-24)17-27-30(36)34(31(37)40-27)18-20-12-13-22-8-6-7-9-23(22)14-20/h3-17H,2,18-19H2,1H3,(H,33,35)/b27-17-. The van der Waals surface area contributed by atoms with Gasteiger partial charge in [-0.15, -0.1) is 0 Å². The Hall–Kier alpha value is -3.83. The van der Waals surface area contributed by atoms with E-state index >= 15 is 0 Å². The maximum atomic E-state index is 13.2. The molecular weight excluding hydrogens is 639 g/mol. The quantitative estimate of drug-likeness (QED) is 0.152. The van der Waals surface area contributed by atoms with Crippen molar-refractivity contribution >= 4 is 73.9 Å². The van der Waals surface area contributed by atoms with Gasteiger partial charge in [-0.2, -0.15) is 0 Å². The minimum atomic E-state index is -0.339. The predicted molar refractivity (Wildman–Crippen MR) is 166 cm³/mol. The molecule has 1 fully saturated rings. The number of anilines is 1. The third-order valence-corrected chi connectivity index (χ3v) is 7.77. The number of nitrogens with zero attached hydrogens (tertiary/aromatic N) is 1. The number of benzene rings is 4. The van der Waals surface area contributed by atoms with E-state index < -0.39 is 0 Å². The summed E-state index contributed by atoms with van der Waals surface area (Å²) < 4.78 is 12.3. The van der Waals surface area contributed by atoms with Crippen LogP contribution in [-0.4, -0.2) is 35.2 Å². The fourth-order valence-corrected chi connectivity index (χ4v) is 5.86. The summed E-state index contributed by atoms with van der Waals surface area (Å²) in [7, 11) is 0. The van der Waals surface area contributed by atoms with Crippen LogP contribution in [0, 0.1) is 3.57 Å². The average molecular weight is 665 g/mol. The van der Waals surface area contributed by atoms with Gasteiger partial charge in [0, 0.05) is 5.69 Å². The van der Waals surface area contributed by atoms with Crippen molar-refractivity contribution in [2.75, 3.05) is 18.5 Å². The van der Waals surface area contributed by atoms with Gasteiger partial charge in [0.05, 0.1) is 21.6 Å². The summed E-state index contributed by atoms with van der Waals surface area (Å²) in [5.74, 6) is 0.249. The first-order valence-electron chi connectivity index (χ1n) is 12.6. The van der Waals surface area contributed by atoms with Crippen LogP contribution in [0.3, 0.4) is 0 Å². The van der Waals surface area contributed by atoms with Crippen LogP contribution in [0.15, 0.2) is 89.8 Å². The third-order valence-electron chi connectivity index (χ3n) is 6.06. The van der Waals surface area contributed by atoms with Gasteiger partial charge in [-0.3, -0.25) is 19.3 Å². The van der Waals surface area contributed by atoms with Gasteiger partial charge in [-0.05, 0) is 99.6 Å². The number of amides is 3. The molecule has 40 heavy (non-hydrogen) atoms. The van der Waals surface area contributed by atoms with E-state index in [2.05, 4.69) is 27.9 Å². The van der Waals surface area contributed by atoms with Crippen LogP contribution in [0.2, 0.25) is 0 Å². The zero-order chi connectivity index (χ0) is 28.1. The summed E-state index contributed by atoms with van der Waals surface area (Å²) in [6.07, 6.45) is 1.68. The van der Waals surface area contributed by atoms with Gasteiger partial charge in [-0.25, -0.2) is 0 Å². The number of hydrogen-bond donors (Lipinski definition) is 1. The van der Waals surface area contributed by atoms with Crippen LogP contribution in [0.1, 0.15) is 18.1 Å². The highest BCUT2D eigenvalue weighted by atomic mass is 127. The van der Waals surface area contributed by atoms with E-state index in [9.17, 15) is 14.4 Å². The Balaban J connectivity index is 1.31. The monoisotopic (exact) mass is 664 g/mol. The molecule has 0 aliphatic carbocycles. The summed E-state index contributed by atoms with van der Waals surface area (Å²) in [4.78, 5) is 39.9. The maximum absolute atomic E-state index is 13.2. The lowest BCUT2D eigenvalue weighted by Crippen LogP contribution is -2.27. The number of carbonyl (C=O) groups excluding carboxylic acids is 3. The molecule has 1 saturated heterocycles. The second kappa shape index (κ2) is 12.6. The zero-order valence-electron chi connectivity index (χ0n) is 21.6. The van der Waals surface area contributed by atoms with Crippen molar-refractivity contribution in [3.63, 3.8) is 0 Å². The van der Waals surface area contributed by atoms with E-state index in [0.29, 0.717) is 37.8 Å². The van der Waals surface area contributed by atoms with Crippen molar-refractivity contribution in [1.29, 1.82) is 0 Å². The SMILES string of the molecule is CCOc1cc(/C=C2\SC(=O)N(Cc3ccc4ccccc4c3)C2=O)cc(I)c1OCC(=O)Nc1ccccc1. The first-order chi connectivity index (χ1) is 19.4. The molecule has 3 amide bonds. The number of imide groups is 1. The summed E-state index contributed by atoms with van der Waals surface area (Å²) >= 11 is 3.02. The summed E-state index contributed by atoms with van der Waals surface area (Å²) in [5, 5.41) is 4.63. The molecule has 0 radical (unpaired) electrons. The number of halogens is 1. The lowest BCUT2D eigenvalue weighted by atomic mass is 10.1. The molecule has 0 saturated carbocycles. The number of hydrogen-bond acceptors (Lipinski definition) is 6. The third kappa shape index (κ3) is 6.48. The van der Waals surface area contributed by atoms with E-state index in [-0.39, 0.29) is 30.2 Å². The van der Waals surface area contributed by atoms with E-state index in [4.69, 9.17) is 9.47 Å². The van der Waals surface area contributed by atoms with Gasteiger partial charge in [-0.1, -0.05) is 54.6 Å². The molecular formula is C31H25IN2O5S. The maximum Gasteiger partial charge on any atom is 0.293 e. The van der Waals surface area contributed by atoms with Crippen molar-refractivity contribution in [2.45, 2.75) is 13.5 Å². The van der Waals surface area contributed by atoms with Gasteiger partial charge in [0.25, 0.3) is 17.1 Å². The minimum absolute atomic E-state index is 0.196. The second-order valence-electron chi connectivity index (χ2n) is 8.92. The molecule has 202 valence electrons. The number of rotatable bonds is 9. The Bertz CT molecular complexity index is 1620. The molecule has 0 unspecified atom stereocenters. The Labute approximate surface area is 249 Å². The van der Waals surface area contributed by atoms with Crippen molar-refractivity contribution in [1.82, 2.24) is 4.90 Å². The number of para-hydroxylation sites is 1. The number of nitrogens with one attached hydrogen (secondary N) is 1. The average Bonchev–Trinajstić information content (AvgIpc) is 3.20. The fraction of sp³-hybridized carbons (Fsp3) is 0.129. The first kappa shape index (κ1) is 27.7. The highest BCUT2D eigenvalue weighted by Crippen LogP contribution is 2.38. The largest absolute Gasteiger partial charge is 0.490 e. The van der Waals surface area contributed by atoms with Crippen LogP contribution in [-0.2, 0) is 16.1 Å².